The summed E-state index contributed by atoms with van der Waals surface area (Å²) in [6.07, 6.45) is -0.588. The Bertz CT molecular complexity index is 185. The second-order valence-electron chi connectivity index (χ2n) is 3.89. The first kappa shape index (κ1) is 11.9. The lowest BCUT2D eigenvalue weighted by Crippen LogP contribution is -2.56. The topological polar surface area (TPSA) is 47.9 Å². The molecule has 1 heterocycles. The van der Waals surface area contributed by atoms with Gasteiger partial charge < -0.3 is 19.3 Å². The molecule has 0 aromatic heterocycles. The summed E-state index contributed by atoms with van der Waals surface area (Å²) in [6, 6.07) is 0. The zero-order valence-electron chi connectivity index (χ0n) is 9.32. The van der Waals surface area contributed by atoms with Crippen molar-refractivity contribution in [3.63, 3.8) is 0 Å². The van der Waals surface area contributed by atoms with Gasteiger partial charge in [-0.15, -0.1) is 0 Å². The van der Waals surface area contributed by atoms with Crippen molar-refractivity contribution in [2.45, 2.75) is 51.3 Å². The van der Waals surface area contributed by atoms with E-state index in [2.05, 4.69) is 0 Å². The van der Waals surface area contributed by atoms with Crippen LogP contribution in [0.4, 0.5) is 0 Å². The van der Waals surface area contributed by atoms with Gasteiger partial charge in [0, 0.05) is 20.1 Å². The first-order chi connectivity index (χ1) is 6.53. The van der Waals surface area contributed by atoms with Gasteiger partial charge in [-0.3, -0.25) is 0 Å². The van der Waals surface area contributed by atoms with E-state index in [0.717, 1.165) is 0 Å². The molecule has 0 aliphatic carbocycles. The molecule has 0 spiro atoms. The number of hydrogen-bond donors (Lipinski definition) is 1. The highest BCUT2D eigenvalue weighted by Crippen LogP contribution is 2.32. The summed E-state index contributed by atoms with van der Waals surface area (Å²) in [6.45, 7) is 6.39. The average molecular weight is 204 g/mol. The Kier molecular flexibility index (Phi) is 3.89. The van der Waals surface area contributed by atoms with E-state index in [1.54, 1.807) is 7.11 Å². The van der Waals surface area contributed by atoms with Crippen LogP contribution in [0, 0.1) is 0 Å². The van der Waals surface area contributed by atoms with E-state index in [9.17, 15) is 5.11 Å². The van der Waals surface area contributed by atoms with Crippen LogP contribution in [0.5, 0.6) is 0 Å². The first-order valence-corrected chi connectivity index (χ1v) is 5.03. The van der Waals surface area contributed by atoms with E-state index in [-0.39, 0.29) is 12.2 Å². The highest BCUT2D eigenvalue weighted by Gasteiger charge is 2.45. The molecule has 0 aromatic rings. The third-order valence-corrected chi connectivity index (χ3v) is 2.79. The van der Waals surface area contributed by atoms with Crippen molar-refractivity contribution in [2.24, 2.45) is 0 Å². The number of rotatable bonds is 3. The third kappa shape index (κ3) is 2.25. The predicted octanol–water partition coefficient (Wildman–Crippen LogP) is 0.924. The van der Waals surface area contributed by atoms with Gasteiger partial charge in [-0.25, -0.2) is 0 Å². The van der Waals surface area contributed by atoms with Gasteiger partial charge in [0.15, 0.2) is 6.29 Å². The van der Waals surface area contributed by atoms with E-state index >= 15 is 0 Å². The molecule has 0 amide bonds. The molecule has 14 heavy (non-hydrogen) atoms. The lowest BCUT2D eigenvalue weighted by Gasteiger charge is -2.45. The van der Waals surface area contributed by atoms with Crippen molar-refractivity contribution in [1.82, 2.24) is 0 Å². The summed E-state index contributed by atoms with van der Waals surface area (Å²) in [4.78, 5) is 0. The van der Waals surface area contributed by atoms with Gasteiger partial charge in [0.05, 0.1) is 11.7 Å². The Morgan fingerprint density at radius 1 is 1.57 bits per heavy atom. The minimum Gasteiger partial charge on any atom is -0.376 e. The Labute approximate surface area is 85.2 Å². The van der Waals surface area contributed by atoms with Crippen LogP contribution in [0.15, 0.2) is 0 Å². The summed E-state index contributed by atoms with van der Waals surface area (Å²) in [7, 11) is 1.64. The minimum absolute atomic E-state index is 0.124. The molecular weight excluding hydrogens is 184 g/mol. The summed E-state index contributed by atoms with van der Waals surface area (Å²) in [5.41, 5.74) is -0.465. The number of methoxy groups -OCH3 is 1. The maximum Gasteiger partial charge on any atom is 0.157 e. The summed E-state index contributed by atoms with van der Waals surface area (Å²) in [5, 5.41) is 9.47. The normalized spacial score (nSPS) is 43.9. The molecule has 4 heteroatoms. The Hall–Kier alpha value is -0.160. The van der Waals surface area contributed by atoms with Crippen LogP contribution in [-0.4, -0.2) is 42.9 Å². The summed E-state index contributed by atoms with van der Waals surface area (Å²) < 4.78 is 16.3. The van der Waals surface area contributed by atoms with Crippen LogP contribution in [0.1, 0.15) is 27.2 Å². The van der Waals surface area contributed by atoms with E-state index in [1.807, 2.05) is 20.8 Å². The monoisotopic (exact) mass is 204 g/mol. The highest BCUT2D eigenvalue weighted by molar-refractivity contribution is 4.93. The first-order valence-electron chi connectivity index (χ1n) is 5.03. The van der Waals surface area contributed by atoms with Gasteiger partial charge in [0.1, 0.15) is 6.10 Å². The van der Waals surface area contributed by atoms with E-state index in [0.29, 0.717) is 13.0 Å². The van der Waals surface area contributed by atoms with Crippen molar-refractivity contribution >= 4 is 0 Å². The molecule has 1 fully saturated rings. The second-order valence-corrected chi connectivity index (χ2v) is 3.89. The fourth-order valence-corrected chi connectivity index (χ4v) is 2.02. The molecule has 0 unspecified atom stereocenters. The molecule has 1 rings (SSSR count). The van der Waals surface area contributed by atoms with E-state index in [1.165, 1.54) is 0 Å². The summed E-state index contributed by atoms with van der Waals surface area (Å²) >= 11 is 0. The van der Waals surface area contributed by atoms with Gasteiger partial charge in [0.2, 0.25) is 0 Å². The molecule has 0 bridgehead atoms. The van der Waals surface area contributed by atoms with Crippen LogP contribution < -0.4 is 0 Å². The maximum absolute atomic E-state index is 9.47. The number of aliphatic hydroxyl groups excluding tert-OH is 1. The van der Waals surface area contributed by atoms with E-state index < -0.39 is 11.9 Å². The smallest absolute Gasteiger partial charge is 0.157 e. The van der Waals surface area contributed by atoms with Crippen LogP contribution in [0.25, 0.3) is 0 Å². The molecule has 4 nitrogen and oxygen atoms in total. The quantitative estimate of drug-likeness (QED) is 0.742. The van der Waals surface area contributed by atoms with Gasteiger partial charge >= 0.3 is 0 Å². The zero-order chi connectivity index (χ0) is 10.8. The average Bonchev–Trinajstić information content (AvgIpc) is 2.11. The SMILES string of the molecule is CCO[C@H]1[C@H](C)O[C@@H](O)C[C@@]1(C)OC. The Balaban J connectivity index is 2.75. The molecule has 4 atom stereocenters. The van der Waals surface area contributed by atoms with Crippen LogP contribution in [0.3, 0.4) is 0 Å². The maximum atomic E-state index is 9.47. The standard InChI is InChI=1S/C10H20O4/c1-5-13-9-7(2)14-8(11)6-10(9,3)12-4/h7-9,11H,5-6H2,1-4H3/t7-,8+,9-,10+/m0/s1. The number of hydrogen-bond acceptors (Lipinski definition) is 4. The van der Waals surface area contributed by atoms with Crippen LogP contribution >= 0.6 is 0 Å². The van der Waals surface area contributed by atoms with Gasteiger partial charge in [0.25, 0.3) is 0 Å². The van der Waals surface area contributed by atoms with Crippen molar-refractivity contribution in [1.29, 1.82) is 0 Å². The second kappa shape index (κ2) is 4.57. The molecule has 84 valence electrons. The minimum atomic E-state index is -0.758. The molecule has 1 aliphatic heterocycles. The molecule has 1 aliphatic rings. The van der Waals surface area contributed by atoms with Crippen molar-refractivity contribution in [3.8, 4) is 0 Å². The van der Waals surface area contributed by atoms with Crippen molar-refractivity contribution < 1.29 is 19.3 Å². The fraction of sp³-hybridized carbons (Fsp3) is 1.00. The molecular formula is C10H20O4. The van der Waals surface area contributed by atoms with Gasteiger partial charge in [-0.05, 0) is 20.8 Å². The van der Waals surface area contributed by atoms with Crippen molar-refractivity contribution in [2.75, 3.05) is 13.7 Å². The lowest BCUT2D eigenvalue weighted by atomic mass is 9.88. The molecule has 1 N–H and O–H groups in total. The number of ether oxygens (including phenoxy) is 3. The van der Waals surface area contributed by atoms with Crippen LogP contribution in [0.2, 0.25) is 0 Å². The third-order valence-electron chi connectivity index (χ3n) is 2.79. The van der Waals surface area contributed by atoms with Crippen molar-refractivity contribution in [3.05, 3.63) is 0 Å². The van der Waals surface area contributed by atoms with Gasteiger partial charge in [-0.2, -0.15) is 0 Å². The molecule has 0 saturated carbocycles. The lowest BCUT2D eigenvalue weighted by molar-refractivity contribution is -0.273. The molecule has 0 aromatic carbocycles. The highest BCUT2D eigenvalue weighted by atomic mass is 16.6. The molecule has 1 saturated heterocycles. The van der Waals surface area contributed by atoms with Gasteiger partial charge in [-0.1, -0.05) is 0 Å². The van der Waals surface area contributed by atoms with Crippen LogP contribution in [-0.2, 0) is 14.2 Å². The molecule has 0 radical (unpaired) electrons. The Morgan fingerprint density at radius 3 is 2.71 bits per heavy atom. The fourth-order valence-electron chi connectivity index (χ4n) is 2.02. The Morgan fingerprint density at radius 2 is 2.21 bits per heavy atom. The van der Waals surface area contributed by atoms with E-state index in [4.69, 9.17) is 14.2 Å². The number of aliphatic hydroxyl groups is 1. The zero-order valence-corrected chi connectivity index (χ0v) is 9.32. The largest absolute Gasteiger partial charge is 0.376 e. The predicted molar refractivity (Wildman–Crippen MR) is 52.0 cm³/mol. The summed E-state index contributed by atoms with van der Waals surface area (Å²) in [5.74, 6) is 0.